The molecule has 1 unspecified atom stereocenters. The Labute approximate surface area is 190 Å². The second-order valence-corrected chi connectivity index (χ2v) is 9.56. The zero-order chi connectivity index (χ0) is 22.2. The molecule has 3 amide bonds. The quantitative estimate of drug-likeness (QED) is 0.778. The van der Waals surface area contributed by atoms with Gasteiger partial charge in [0.05, 0.1) is 12.1 Å². The average molecular weight is 433 g/mol. The van der Waals surface area contributed by atoms with Crippen molar-refractivity contribution in [1.82, 2.24) is 20.4 Å². The molecule has 3 aliphatic rings. The SMILES string of the molecule is CN(C)C(=O)c1ccc(-c2ccc(C3[C@H]4CNC[C@@H]3N4C(=O)NC3CCCC3)cc2)cc1. The fourth-order valence-corrected chi connectivity index (χ4v) is 5.60. The summed E-state index contributed by atoms with van der Waals surface area (Å²) in [6, 6.07) is 17.4. The van der Waals surface area contributed by atoms with Gasteiger partial charge in [-0.1, -0.05) is 49.2 Å². The number of piperidine rings is 1. The lowest BCUT2D eigenvalue weighted by atomic mass is 9.72. The van der Waals surface area contributed by atoms with Crippen molar-refractivity contribution >= 4 is 11.9 Å². The van der Waals surface area contributed by atoms with E-state index in [1.807, 2.05) is 24.3 Å². The third-order valence-corrected chi connectivity index (χ3v) is 7.33. The molecule has 0 radical (unpaired) electrons. The van der Waals surface area contributed by atoms with Crippen LogP contribution in [0.3, 0.4) is 0 Å². The first-order chi connectivity index (χ1) is 15.5. The summed E-state index contributed by atoms with van der Waals surface area (Å²) < 4.78 is 0. The number of carbonyl (C=O) groups is 2. The van der Waals surface area contributed by atoms with E-state index in [1.165, 1.54) is 18.4 Å². The van der Waals surface area contributed by atoms with Crippen LogP contribution in [0, 0.1) is 0 Å². The highest BCUT2D eigenvalue weighted by molar-refractivity contribution is 5.94. The number of rotatable bonds is 4. The van der Waals surface area contributed by atoms with Crippen molar-refractivity contribution in [3.63, 3.8) is 0 Å². The van der Waals surface area contributed by atoms with Crippen molar-refractivity contribution in [3.8, 4) is 11.1 Å². The second-order valence-electron chi connectivity index (χ2n) is 9.56. The van der Waals surface area contributed by atoms with Crippen LogP contribution in [-0.4, -0.2) is 67.0 Å². The summed E-state index contributed by atoms with van der Waals surface area (Å²) in [5.74, 6) is 0.401. The van der Waals surface area contributed by atoms with Gasteiger partial charge in [-0.05, 0) is 41.7 Å². The van der Waals surface area contributed by atoms with Crippen LogP contribution < -0.4 is 10.6 Å². The minimum atomic E-state index is 0.0125. The molecule has 3 atom stereocenters. The van der Waals surface area contributed by atoms with Crippen LogP contribution in [0.15, 0.2) is 48.5 Å². The highest BCUT2D eigenvalue weighted by atomic mass is 16.2. The number of nitrogens with zero attached hydrogens (tertiary/aromatic N) is 2. The molecule has 2 saturated heterocycles. The lowest BCUT2D eigenvalue weighted by Crippen LogP contribution is -2.75. The van der Waals surface area contributed by atoms with Crippen LogP contribution in [0.25, 0.3) is 11.1 Å². The summed E-state index contributed by atoms with van der Waals surface area (Å²) in [6.07, 6.45) is 4.68. The molecule has 2 aliphatic heterocycles. The van der Waals surface area contributed by atoms with Crippen LogP contribution >= 0.6 is 0 Å². The average Bonchev–Trinajstić information content (AvgIpc) is 3.32. The first-order valence-electron chi connectivity index (χ1n) is 11.7. The van der Waals surface area contributed by atoms with Gasteiger partial charge in [0, 0.05) is 44.7 Å². The van der Waals surface area contributed by atoms with Gasteiger partial charge in [-0.2, -0.15) is 0 Å². The molecule has 6 heteroatoms. The third-order valence-electron chi connectivity index (χ3n) is 7.33. The molecule has 0 aromatic heterocycles. The molecular formula is C26H32N4O2. The zero-order valence-corrected chi connectivity index (χ0v) is 18.9. The molecule has 1 aliphatic carbocycles. The number of fused-ring (bicyclic) bond motifs is 2. The van der Waals surface area contributed by atoms with E-state index in [2.05, 4.69) is 39.8 Å². The standard InChI is InChI=1S/C26H32N4O2/c1-29(2)25(31)20-13-9-18(10-14-20)17-7-11-19(12-8-17)24-22-15-27-16-23(24)30(22)26(32)28-21-5-3-4-6-21/h7-14,21-24,27H,3-6,15-16H2,1-2H3,(H,28,32)/t22-,23+,24?. The maximum absolute atomic E-state index is 12.9. The number of piperazine rings is 1. The Hall–Kier alpha value is -2.86. The van der Waals surface area contributed by atoms with E-state index >= 15 is 0 Å². The Morgan fingerprint density at radius 2 is 1.47 bits per heavy atom. The number of amides is 3. The number of urea groups is 1. The van der Waals surface area contributed by atoms with E-state index in [-0.39, 0.29) is 24.0 Å². The smallest absolute Gasteiger partial charge is 0.318 e. The normalized spacial score (nSPS) is 24.7. The Kier molecular flexibility index (Phi) is 5.64. The lowest BCUT2D eigenvalue weighted by Gasteiger charge is -2.59. The Balaban J connectivity index is 1.27. The van der Waals surface area contributed by atoms with E-state index in [4.69, 9.17) is 0 Å². The van der Waals surface area contributed by atoms with E-state index in [0.717, 1.165) is 37.1 Å². The van der Waals surface area contributed by atoms with Crippen LogP contribution in [0.4, 0.5) is 4.79 Å². The molecule has 2 bridgehead atoms. The predicted molar refractivity (Wildman–Crippen MR) is 126 cm³/mol. The maximum Gasteiger partial charge on any atom is 0.318 e. The summed E-state index contributed by atoms with van der Waals surface area (Å²) in [6.45, 7) is 1.70. The predicted octanol–water partition coefficient (Wildman–Crippen LogP) is 3.45. The summed E-state index contributed by atoms with van der Waals surface area (Å²) in [4.78, 5) is 28.7. The molecule has 168 valence electrons. The van der Waals surface area contributed by atoms with Gasteiger partial charge in [0.1, 0.15) is 0 Å². The zero-order valence-electron chi connectivity index (χ0n) is 18.9. The molecular weight excluding hydrogens is 400 g/mol. The first-order valence-corrected chi connectivity index (χ1v) is 11.7. The molecule has 5 rings (SSSR count). The monoisotopic (exact) mass is 432 g/mol. The Morgan fingerprint density at radius 1 is 0.906 bits per heavy atom. The van der Waals surface area contributed by atoms with Crippen LogP contribution in [0.2, 0.25) is 0 Å². The number of carbonyl (C=O) groups excluding carboxylic acids is 2. The molecule has 2 heterocycles. The number of nitrogens with one attached hydrogen (secondary N) is 2. The molecule has 2 N–H and O–H groups in total. The third kappa shape index (κ3) is 3.77. The molecule has 0 spiro atoms. The summed E-state index contributed by atoms with van der Waals surface area (Å²) in [7, 11) is 3.53. The number of hydrogen-bond acceptors (Lipinski definition) is 3. The fraction of sp³-hybridized carbons (Fsp3) is 0.462. The molecule has 6 nitrogen and oxygen atoms in total. The van der Waals surface area contributed by atoms with Crippen molar-refractivity contribution in [1.29, 1.82) is 0 Å². The van der Waals surface area contributed by atoms with Gasteiger partial charge in [-0.15, -0.1) is 0 Å². The second kappa shape index (κ2) is 8.58. The van der Waals surface area contributed by atoms with E-state index in [1.54, 1.807) is 19.0 Å². The molecule has 3 fully saturated rings. The highest BCUT2D eigenvalue weighted by Gasteiger charge is 2.53. The summed E-state index contributed by atoms with van der Waals surface area (Å²) >= 11 is 0. The van der Waals surface area contributed by atoms with Gasteiger partial charge < -0.3 is 20.4 Å². The van der Waals surface area contributed by atoms with Crippen molar-refractivity contribution in [2.45, 2.75) is 49.7 Å². The molecule has 2 aromatic rings. The van der Waals surface area contributed by atoms with Crippen LogP contribution in [0.1, 0.15) is 47.5 Å². The topological polar surface area (TPSA) is 64.7 Å². The first kappa shape index (κ1) is 21.0. The minimum Gasteiger partial charge on any atom is -0.345 e. The van der Waals surface area contributed by atoms with E-state index < -0.39 is 0 Å². The van der Waals surface area contributed by atoms with E-state index in [0.29, 0.717) is 17.5 Å². The molecule has 32 heavy (non-hydrogen) atoms. The van der Waals surface area contributed by atoms with Crippen LogP contribution in [0.5, 0.6) is 0 Å². The lowest BCUT2D eigenvalue weighted by molar-refractivity contribution is -0.00444. The highest BCUT2D eigenvalue weighted by Crippen LogP contribution is 2.43. The molecule has 2 aromatic carbocycles. The number of likely N-dealkylation sites (tertiary alicyclic amines) is 1. The Bertz CT molecular complexity index is 968. The van der Waals surface area contributed by atoms with Crippen molar-refractivity contribution in [3.05, 3.63) is 59.7 Å². The maximum atomic E-state index is 12.9. The van der Waals surface area contributed by atoms with Gasteiger partial charge in [0.2, 0.25) is 0 Å². The van der Waals surface area contributed by atoms with Crippen molar-refractivity contribution in [2.75, 3.05) is 27.2 Å². The molecule has 1 saturated carbocycles. The Morgan fingerprint density at radius 3 is 2.03 bits per heavy atom. The van der Waals surface area contributed by atoms with Crippen LogP contribution in [-0.2, 0) is 0 Å². The number of benzene rings is 2. The minimum absolute atomic E-state index is 0.0125. The summed E-state index contributed by atoms with van der Waals surface area (Å²) in [5, 5.41) is 6.73. The van der Waals surface area contributed by atoms with Crippen molar-refractivity contribution in [2.24, 2.45) is 0 Å². The van der Waals surface area contributed by atoms with Gasteiger partial charge in [-0.3, -0.25) is 4.79 Å². The van der Waals surface area contributed by atoms with Gasteiger partial charge >= 0.3 is 6.03 Å². The number of hydrogen-bond donors (Lipinski definition) is 2. The largest absolute Gasteiger partial charge is 0.345 e. The summed E-state index contributed by atoms with van der Waals surface area (Å²) in [5.41, 5.74) is 4.23. The van der Waals surface area contributed by atoms with Gasteiger partial charge in [0.25, 0.3) is 5.91 Å². The van der Waals surface area contributed by atoms with E-state index in [9.17, 15) is 9.59 Å². The van der Waals surface area contributed by atoms with Gasteiger partial charge in [0.15, 0.2) is 0 Å². The van der Waals surface area contributed by atoms with Crippen molar-refractivity contribution < 1.29 is 9.59 Å². The van der Waals surface area contributed by atoms with Gasteiger partial charge in [-0.25, -0.2) is 4.79 Å². The fourth-order valence-electron chi connectivity index (χ4n) is 5.60.